The highest BCUT2D eigenvalue weighted by atomic mass is 35.5. The fraction of sp³-hybridized carbons (Fsp3) is 0.400. The Morgan fingerprint density at radius 3 is 2.47 bits per heavy atom. The van der Waals surface area contributed by atoms with Crippen molar-refractivity contribution < 1.29 is 31.5 Å². The molecule has 182 valence electrons. The number of thiophene rings is 1. The van der Waals surface area contributed by atoms with E-state index in [4.69, 9.17) is 17.3 Å². The fourth-order valence-corrected chi connectivity index (χ4v) is 4.92. The van der Waals surface area contributed by atoms with Crippen LogP contribution in [0.25, 0.3) is 10.2 Å². The van der Waals surface area contributed by atoms with E-state index in [1.807, 2.05) is 0 Å². The van der Waals surface area contributed by atoms with Crippen LogP contribution in [0.5, 0.6) is 0 Å². The summed E-state index contributed by atoms with van der Waals surface area (Å²) in [5.74, 6) is -1.77. The number of hydrogen-bond acceptors (Lipinski definition) is 5. The number of nitrogens with zero attached hydrogens (tertiary/aromatic N) is 3. The first-order chi connectivity index (χ1) is 15.8. The molecule has 34 heavy (non-hydrogen) atoms. The van der Waals surface area contributed by atoms with Gasteiger partial charge in [0.25, 0.3) is 12.3 Å². The number of primary amides is 1. The third kappa shape index (κ3) is 4.22. The molecule has 1 unspecified atom stereocenters. The molecule has 1 atom stereocenters. The number of pyridine rings is 1. The molecule has 0 spiro atoms. The van der Waals surface area contributed by atoms with E-state index >= 15 is 0 Å². The number of hydrogen-bond donors (Lipinski definition) is 2. The van der Waals surface area contributed by atoms with Gasteiger partial charge in [-0.3, -0.25) is 14.3 Å². The molecule has 1 saturated carbocycles. The van der Waals surface area contributed by atoms with Crippen LogP contribution in [-0.4, -0.2) is 26.6 Å². The van der Waals surface area contributed by atoms with Crippen molar-refractivity contribution in [2.45, 2.75) is 51.3 Å². The van der Waals surface area contributed by atoms with Crippen LogP contribution in [0.4, 0.5) is 27.6 Å². The highest BCUT2D eigenvalue weighted by Gasteiger charge is 2.39. The van der Waals surface area contributed by atoms with Crippen LogP contribution in [0.3, 0.4) is 0 Å². The second-order valence-electron chi connectivity index (χ2n) is 7.92. The third-order valence-corrected chi connectivity index (χ3v) is 7.07. The molecule has 0 aliphatic heterocycles. The number of halogens is 6. The van der Waals surface area contributed by atoms with E-state index in [2.05, 4.69) is 15.4 Å². The number of nitrogens with two attached hydrogens (primary N) is 1. The summed E-state index contributed by atoms with van der Waals surface area (Å²) >= 11 is 6.53. The van der Waals surface area contributed by atoms with Gasteiger partial charge in [-0.2, -0.15) is 18.3 Å². The minimum absolute atomic E-state index is 0.00785. The molecule has 14 heteroatoms. The molecule has 0 radical (unpaired) electrons. The SMILES string of the molecule is Cc1c(Cl)c(C(F)(F)F)nn1C(C)C(=O)Nc1c(C(N)=O)sc2nc(C(F)F)cc(C3CC3)c12. The highest BCUT2D eigenvalue weighted by molar-refractivity contribution is 7.21. The number of anilines is 1. The standard InChI is InChI=1S/C20H17ClF5N5O2S/c1-6-12(21)15(20(24,25)26)30-31(6)7(2)18(33)29-13-11-9(8-3-4-8)5-10(16(22)23)28-19(11)34-14(13)17(27)32/h5,7-8,16H,3-4H2,1-2H3,(H2,27,32)(H,29,33). The summed E-state index contributed by atoms with van der Waals surface area (Å²) < 4.78 is 67.1. The molecule has 3 N–H and O–H groups in total. The predicted octanol–water partition coefficient (Wildman–Crippen LogP) is 5.59. The first kappa shape index (κ1) is 24.3. The van der Waals surface area contributed by atoms with Crippen molar-refractivity contribution in [2.75, 3.05) is 5.32 Å². The minimum atomic E-state index is -4.82. The zero-order valence-corrected chi connectivity index (χ0v) is 19.2. The maximum Gasteiger partial charge on any atom is 0.436 e. The molecule has 3 aromatic rings. The molecular formula is C20H17ClF5N5O2S. The average Bonchev–Trinajstić information content (AvgIpc) is 3.46. The van der Waals surface area contributed by atoms with Crippen molar-refractivity contribution in [3.05, 3.63) is 38.6 Å². The number of carbonyl (C=O) groups excluding carboxylic acids is 2. The highest BCUT2D eigenvalue weighted by Crippen LogP contribution is 2.48. The van der Waals surface area contributed by atoms with Gasteiger partial charge in [-0.15, -0.1) is 11.3 Å². The van der Waals surface area contributed by atoms with Gasteiger partial charge in [-0.1, -0.05) is 11.6 Å². The number of amides is 2. The summed E-state index contributed by atoms with van der Waals surface area (Å²) in [4.78, 5) is 29.0. The summed E-state index contributed by atoms with van der Waals surface area (Å²) in [7, 11) is 0. The summed E-state index contributed by atoms with van der Waals surface area (Å²) in [5, 5.41) is 5.67. The number of fused-ring (bicyclic) bond motifs is 1. The lowest BCUT2D eigenvalue weighted by atomic mass is 10.0. The van der Waals surface area contributed by atoms with Gasteiger partial charge >= 0.3 is 6.18 Å². The molecule has 0 bridgehead atoms. The molecule has 3 heterocycles. The van der Waals surface area contributed by atoms with Crippen molar-refractivity contribution in [2.24, 2.45) is 5.73 Å². The predicted molar refractivity (Wildman–Crippen MR) is 115 cm³/mol. The summed E-state index contributed by atoms with van der Waals surface area (Å²) in [6.45, 7) is 2.59. The van der Waals surface area contributed by atoms with Crippen LogP contribution < -0.4 is 11.1 Å². The summed E-state index contributed by atoms with van der Waals surface area (Å²) in [5.41, 5.74) is 4.09. The maximum absolute atomic E-state index is 13.4. The van der Waals surface area contributed by atoms with Gasteiger partial charge in [0.2, 0.25) is 5.91 Å². The van der Waals surface area contributed by atoms with Crippen LogP contribution in [-0.2, 0) is 11.0 Å². The van der Waals surface area contributed by atoms with E-state index in [0.717, 1.165) is 28.9 Å². The Bertz CT molecular complexity index is 1320. The van der Waals surface area contributed by atoms with Crippen molar-refractivity contribution in [3.63, 3.8) is 0 Å². The van der Waals surface area contributed by atoms with E-state index in [-0.39, 0.29) is 27.0 Å². The lowest BCUT2D eigenvalue weighted by Gasteiger charge is -2.16. The largest absolute Gasteiger partial charge is 0.436 e. The zero-order chi connectivity index (χ0) is 25.1. The number of carbonyl (C=O) groups is 2. The average molecular weight is 522 g/mol. The lowest BCUT2D eigenvalue weighted by molar-refractivity contribution is -0.141. The molecule has 4 rings (SSSR count). The smallest absolute Gasteiger partial charge is 0.365 e. The number of alkyl halides is 5. The summed E-state index contributed by atoms with van der Waals surface area (Å²) in [6.07, 6.45) is -6.19. The third-order valence-electron chi connectivity index (χ3n) is 5.52. The van der Waals surface area contributed by atoms with Crippen LogP contribution in [0.15, 0.2) is 6.07 Å². The van der Waals surface area contributed by atoms with Crippen molar-refractivity contribution in [1.82, 2.24) is 14.8 Å². The summed E-state index contributed by atoms with van der Waals surface area (Å²) in [6, 6.07) is -0.0178. The second-order valence-corrected chi connectivity index (χ2v) is 9.29. The Morgan fingerprint density at radius 1 is 1.32 bits per heavy atom. The molecule has 1 aliphatic rings. The van der Waals surface area contributed by atoms with Crippen molar-refractivity contribution in [1.29, 1.82) is 0 Å². The number of aromatic nitrogens is 3. The molecule has 7 nitrogen and oxygen atoms in total. The van der Waals surface area contributed by atoms with Crippen LogP contribution in [0, 0.1) is 6.92 Å². The minimum Gasteiger partial charge on any atom is -0.365 e. The van der Waals surface area contributed by atoms with E-state index in [1.54, 1.807) is 0 Å². The zero-order valence-electron chi connectivity index (χ0n) is 17.6. The Labute approximate surface area is 198 Å². The molecule has 0 aromatic carbocycles. The van der Waals surface area contributed by atoms with Crippen LogP contribution in [0.1, 0.15) is 70.5 Å². The van der Waals surface area contributed by atoms with Gasteiger partial charge in [0, 0.05) is 5.39 Å². The Balaban J connectivity index is 1.78. The Hall–Kier alpha value is -2.80. The molecule has 3 aromatic heterocycles. The Kier molecular flexibility index (Phi) is 6.05. The van der Waals surface area contributed by atoms with E-state index in [1.165, 1.54) is 19.9 Å². The molecule has 0 saturated heterocycles. The quantitative estimate of drug-likeness (QED) is 0.413. The van der Waals surface area contributed by atoms with Crippen LogP contribution in [0.2, 0.25) is 5.02 Å². The molecule has 1 fully saturated rings. The van der Waals surface area contributed by atoms with Gasteiger partial charge in [0.1, 0.15) is 21.4 Å². The second kappa shape index (κ2) is 8.45. The molecular weight excluding hydrogens is 505 g/mol. The topological polar surface area (TPSA) is 103 Å². The van der Waals surface area contributed by atoms with E-state index in [9.17, 15) is 31.5 Å². The number of rotatable bonds is 6. The van der Waals surface area contributed by atoms with E-state index in [0.29, 0.717) is 10.9 Å². The lowest BCUT2D eigenvalue weighted by Crippen LogP contribution is -2.26. The van der Waals surface area contributed by atoms with Gasteiger partial charge in [0.05, 0.1) is 16.4 Å². The van der Waals surface area contributed by atoms with Gasteiger partial charge in [-0.25, -0.2) is 13.8 Å². The monoisotopic (exact) mass is 521 g/mol. The van der Waals surface area contributed by atoms with E-state index < -0.39 is 46.9 Å². The molecule has 2 amide bonds. The van der Waals surface area contributed by atoms with Crippen LogP contribution >= 0.6 is 22.9 Å². The first-order valence-electron chi connectivity index (χ1n) is 9.99. The van der Waals surface area contributed by atoms with Crippen molar-refractivity contribution in [3.8, 4) is 0 Å². The Morgan fingerprint density at radius 2 is 1.97 bits per heavy atom. The van der Waals surface area contributed by atoms with Gasteiger partial charge in [-0.05, 0) is 44.2 Å². The van der Waals surface area contributed by atoms with Gasteiger partial charge < -0.3 is 11.1 Å². The normalized spacial score (nSPS) is 15.2. The fourth-order valence-electron chi connectivity index (χ4n) is 3.66. The maximum atomic E-state index is 13.4. The first-order valence-corrected chi connectivity index (χ1v) is 11.2. The van der Waals surface area contributed by atoms with Crippen molar-refractivity contribution >= 4 is 50.7 Å². The molecule has 1 aliphatic carbocycles. The number of nitrogens with one attached hydrogen (secondary N) is 1. The van der Waals surface area contributed by atoms with Gasteiger partial charge in [0.15, 0.2) is 5.69 Å².